The van der Waals surface area contributed by atoms with E-state index >= 15 is 0 Å². The summed E-state index contributed by atoms with van der Waals surface area (Å²) in [5, 5.41) is 11.0. The van der Waals surface area contributed by atoms with Gasteiger partial charge in [-0.05, 0) is 0 Å². The molecule has 8 heteroatoms. The summed E-state index contributed by atoms with van der Waals surface area (Å²) in [6, 6.07) is -0.329. The lowest BCUT2D eigenvalue weighted by Crippen LogP contribution is -2.43. The number of hydrogen-bond donors (Lipinski definition) is 3. The molecule has 8 nitrogen and oxygen atoms in total. The predicted molar refractivity (Wildman–Crippen MR) is 62.6 cm³/mol. The molecule has 0 spiro atoms. The van der Waals surface area contributed by atoms with E-state index in [0.29, 0.717) is 0 Å². The van der Waals surface area contributed by atoms with Gasteiger partial charge in [0, 0.05) is 18.5 Å². The van der Waals surface area contributed by atoms with E-state index < -0.39 is 35.7 Å². The van der Waals surface area contributed by atoms with Crippen LogP contribution in [0.15, 0.2) is 23.3 Å². The van der Waals surface area contributed by atoms with Crippen LogP contribution in [-0.4, -0.2) is 41.1 Å². The monoisotopic (exact) mass is 268 g/mol. The Kier molecular flexibility index (Phi) is 4.81. The first-order valence-electron chi connectivity index (χ1n) is 5.23. The Morgan fingerprint density at radius 3 is 2.68 bits per heavy atom. The number of rotatable bonds is 5. The number of carbonyl (C=O) groups is 3. The number of aromatic nitrogens is 1. The summed E-state index contributed by atoms with van der Waals surface area (Å²) in [6.45, 7) is 0. The molecule has 19 heavy (non-hydrogen) atoms. The molecule has 1 atom stereocenters. The van der Waals surface area contributed by atoms with Gasteiger partial charge in [0.15, 0.2) is 5.43 Å². The van der Waals surface area contributed by atoms with Crippen molar-refractivity contribution in [1.29, 1.82) is 0 Å². The molecule has 1 amide bonds. The number of methoxy groups -OCH3 is 1. The Morgan fingerprint density at radius 1 is 1.47 bits per heavy atom. The molecule has 0 unspecified atom stereocenters. The average Bonchev–Trinajstić information content (AvgIpc) is 2.37. The molecule has 0 aliphatic rings. The zero-order valence-corrected chi connectivity index (χ0v) is 10.0. The number of ether oxygens (including phenoxy) is 1. The van der Waals surface area contributed by atoms with Crippen LogP contribution in [-0.2, 0) is 14.3 Å². The van der Waals surface area contributed by atoms with Gasteiger partial charge in [0.1, 0.15) is 11.6 Å². The van der Waals surface area contributed by atoms with E-state index in [4.69, 9.17) is 5.11 Å². The molecule has 0 aliphatic heterocycles. The number of carboxylic acid groups (broad SMARTS) is 1. The normalized spacial score (nSPS) is 11.4. The second-order valence-corrected chi connectivity index (χ2v) is 3.57. The van der Waals surface area contributed by atoms with Gasteiger partial charge in [-0.2, -0.15) is 0 Å². The lowest BCUT2D eigenvalue weighted by atomic mass is 10.2. The maximum atomic E-state index is 11.7. The highest BCUT2D eigenvalue weighted by Gasteiger charge is 2.24. The maximum Gasteiger partial charge on any atom is 0.326 e. The van der Waals surface area contributed by atoms with Crippen LogP contribution in [0.25, 0.3) is 0 Å². The van der Waals surface area contributed by atoms with Crippen LogP contribution >= 0.6 is 0 Å². The summed E-state index contributed by atoms with van der Waals surface area (Å²) in [7, 11) is 1.10. The molecule has 0 aromatic carbocycles. The van der Waals surface area contributed by atoms with Gasteiger partial charge in [0.2, 0.25) is 0 Å². The van der Waals surface area contributed by atoms with Gasteiger partial charge in [-0.25, -0.2) is 4.79 Å². The number of hydrogen-bond acceptors (Lipinski definition) is 5. The lowest BCUT2D eigenvalue weighted by Gasteiger charge is -2.12. The van der Waals surface area contributed by atoms with Gasteiger partial charge in [-0.3, -0.25) is 14.4 Å². The lowest BCUT2D eigenvalue weighted by molar-refractivity contribution is -0.147. The fraction of sp³-hybridized carbons (Fsp3) is 0.273. The van der Waals surface area contributed by atoms with Crippen LogP contribution in [0, 0.1) is 0 Å². The zero-order chi connectivity index (χ0) is 14.4. The first-order valence-corrected chi connectivity index (χ1v) is 5.23. The molecule has 3 N–H and O–H groups in total. The highest BCUT2D eigenvalue weighted by atomic mass is 16.5. The number of pyridine rings is 1. The number of carbonyl (C=O) groups excluding carboxylic acids is 2. The standard InChI is InChI=1S/C11H12N2O6/c1-19-9(15)4-7(11(17)18)13-10(16)6-5-12-3-2-8(6)14/h2-3,5,7H,4H2,1H3,(H,12,14)(H,13,16)(H,17,18)/t7-/m0/s1. The summed E-state index contributed by atoms with van der Waals surface area (Å²) in [6.07, 6.45) is 1.96. The third kappa shape index (κ3) is 3.95. The molecule has 0 saturated carbocycles. The number of amides is 1. The Hall–Kier alpha value is -2.64. The van der Waals surface area contributed by atoms with Crippen molar-refractivity contribution in [2.45, 2.75) is 12.5 Å². The summed E-state index contributed by atoms with van der Waals surface area (Å²) < 4.78 is 4.32. The Morgan fingerprint density at radius 2 is 2.16 bits per heavy atom. The van der Waals surface area contributed by atoms with E-state index in [1.165, 1.54) is 6.20 Å². The minimum absolute atomic E-state index is 0.237. The van der Waals surface area contributed by atoms with E-state index in [1.54, 1.807) is 0 Å². The van der Waals surface area contributed by atoms with E-state index in [9.17, 15) is 19.2 Å². The van der Waals surface area contributed by atoms with Crippen LogP contribution < -0.4 is 10.7 Å². The molecule has 1 aromatic heterocycles. The van der Waals surface area contributed by atoms with Crippen molar-refractivity contribution < 1.29 is 24.2 Å². The average molecular weight is 268 g/mol. The topological polar surface area (TPSA) is 126 Å². The Labute approximate surface area is 107 Å². The molecular weight excluding hydrogens is 256 g/mol. The van der Waals surface area contributed by atoms with Crippen molar-refractivity contribution in [2.75, 3.05) is 7.11 Å². The molecule has 0 aliphatic carbocycles. The third-order valence-corrected chi connectivity index (χ3v) is 2.27. The second-order valence-electron chi connectivity index (χ2n) is 3.57. The number of carboxylic acids is 1. The fourth-order valence-corrected chi connectivity index (χ4v) is 1.28. The van der Waals surface area contributed by atoms with Crippen molar-refractivity contribution in [3.63, 3.8) is 0 Å². The molecule has 0 radical (unpaired) electrons. The van der Waals surface area contributed by atoms with Crippen molar-refractivity contribution >= 4 is 17.8 Å². The summed E-state index contributed by atoms with van der Waals surface area (Å²) in [4.78, 5) is 47.5. The molecule has 1 heterocycles. The van der Waals surface area contributed by atoms with Crippen molar-refractivity contribution in [2.24, 2.45) is 0 Å². The van der Waals surface area contributed by atoms with Gasteiger partial charge in [-0.1, -0.05) is 0 Å². The number of aliphatic carboxylic acids is 1. The quantitative estimate of drug-likeness (QED) is 0.595. The van der Waals surface area contributed by atoms with Gasteiger partial charge in [0.05, 0.1) is 13.5 Å². The first-order chi connectivity index (χ1) is 8.95. The van der Waals surface area contributed by atoms with Crippen molar-refractivity contribution in [3.8, 4) is 0 Å². The van der Waals surface area contributed by atoms with Gasteiger partial charge >= 0.3 is 11.9 Å². The van der Waals surface area contributed by atoms with Crippen LogP contribution in [0.1, 0.15) is 16.8 Å². The largest absolute Gasteiger partial charge is 0.480 e. The van der Waals surface area contributed by atoms with Crippen LogP contribution in [0.3, 0.4) is 0 Å². The summed E-state index contributed by atoms with van der Waals surface area (Å²) >= 11 is 0. The molecule has 102 valence electrons. The zero-order valence-electron chi connectivity index (χ0n) is 10.0. The minimum Gasteiger partial charge on any atom is -0.480 e. The van der Waals surface area contributed by atoms with Gasteiger partial charge < -0.3 is 20.1 Å². The van der Waals surface area contributed by atoms with E-state index in [2.05, 4.69) is 15.0 Å². The number of H-pyrrole nitrogens is 1. The predicted octanol–water partition coefficient (Wildman–Crippen LogP) is -0.879. The van der Waals surface area contributed by atoms with E-state index in [0.717, 1.165) is 19.4 Å². The molecule has 1 aromatic rings. The van der Waals surface area contributed by atoms with Gasteiger partial charge in [0.25, 0.3) is 5.91 Å². The maximum absolute atomic E-state index is 11.7. The summed E-state index contributed by atoms with van der Waals surface area (Å²) in [5.41, 5.74) is -0.794. The van der Waals surface area contributed by atoms with Crippen molar-refractivity contribution in [1.82, 2.24) is 10.3 Å². The molecule has 0 saturated heterocycles. The number of nitrogens with one attached hydrogen (secondary N) is 2. The van der Waals surface area contributed by atoms with Crippen LogP contribution in [0.5, 0.6) is 0 Å². The van der Waals surface area contributed by atoms with Gasteiger partial charge in [-0.15, -0.1) is 0 Å². The second kappa shape index (κ2) is 6.34. The van der Waals surface area contributed by atoms with Crippen molar-refractivity contribution in [3.05, 3.63) is 34.2 Å². The number of esters is 1. The fourth-order valence-electron chi connectivity index (χ4n) is 1.28. The Balaban J connectivity index is 2.83. The van der Waals surface area contributed by atoms with E-state index in [-0.39, 0.29) is 5.56 Å². The molecular formula is C11H12N2O6. The minimum atomic E-state index is -1.46. The van der Waals surface area contributed by atoms with E-state index in [1.807, 2.05) is 0 Å². The molecule has 0 fully saturated rings. The first kappa shape index (κ1) is 14.4. The van der Waals surface area contributed by atoms with Crippen LogP contribution in [0.2, 0.25) is 0 Å². The molecule has 0 bridgehead atoms. The third-order valence-electron chi connectivity index (χ3n) is 2.27. The highest BCUT2D eigenvalue weighted by molar-refractivity contribution is 5.97. The smallest absolute Gasteiger partial charge is 0.326 e. The number of aromatic amines is 1. The highest BCUT2D eigenvalue weighted by Crippen LogP contribution is 1.98. The SMILES string of the molecule is COC(=O)C[C@H](NC(=O)c1c[nH]ccc1=O)C(=O)O. The Bertz CT molecular complexity index is 550. The summed E-state index contributed by atoms with van der Waals surface area (Å²) in [5.74, 6) is -3.06. The van der Waals surface area contributed by atoms with Crippen LogP contribution in [0.4, 0.5) is 0 Å². The molecule has 1 rings (SSSR count).